The van der Waals surface area contributed by atoms with Gasteiger partial charge in [0, 0.05) is 16.7 Å². The molecular weight excluding hydrogens is 290 g/mol. The fourth-order valence-electron chi connectivity index (χ4n) is 1.61. The normalized spacial score (nSPS) is 10.1. The Kier molecular flexibility index (Phi) is 5.09. The maximum absolute atomic E-state index is 5.62. The minimum Gasteiger partial charge on any atom is -0.494 e. The van der Waals surface area contributed by atoms with Crippen LogP contribution in [0.1, 0.15) is 6.42 Å². The van der Waals surface area contributed by atoms with Crippen molar-refractivity contribution in [2.45, 2.75) is 6.42 Å². The molecule has 0 bridgehead atoms. The Balaban J connectivity index is 1.66. The second kappa shape index (κ2) is 7.07. The number of nitrogens with one attached hydrogen (secondary N) is 1. The average Bonchev–Trinajstić information content (AvgIpc) is 2.42. The van der Waals surface area contributed by atoms with Crippen LogP contribution < -0.4 is 10.1 Å². The van der Waals surface area contributed by atoms with Crippen LogP contribution in [0.15, 0.2) is 59.1 Å². The molecule has 0 unspecified atom stereocenters. The third-order valence-corrected chi connectivity index (χ3v) is 3.21. The Hall–Kier alpha value is -1.48. The summed E-state index contributed by atoms with van der Waals surface area (Å²) in [6.07, 6.45) is 0.968. The first-order chi connectivity index (χ1) is 8.86. The van der Waals surface area contributed by atoms with Crippen LogP contribution in [0.4, 0.5) is 5.69 Å². The number of anilines is 1. The van der Waals surface area contributed by atoms with E-state index in [2.05, 4.69) is 27.3 Å². The monoisotopic (exact) mass is 305 g/mol. The maximum atomic E-state index is 5.62. The number of hydrogen-bond acceptors (Lipinski definition) is 2. The summed E-state index contributed by atoms with van der Waals surface area (Å²) in [6, 6.07) is 18.0. The zero-order chi connectivity index (χ0) is 12.6. The van der Waals surface area contributed by atoms with Gasteiger partial charge in [-0.05, 0) is 46.6 Å². The fourth-order valence-corrected chi connectivity index (χ4v) is 2.03. The topological polar surface area (TPSA) is 21.3 Å². The van der Waals surface area contributed by atoms with Gasteiger partial charge >= 0.3 is 0 Å². The third-order valence-electron chi connectivity index (χ3n) is 2.52. The largest absolute Gasteiger partial charge is 0.494 e. The highest BCUT2D eigenvalue weighted by atomic mass is 79.9. The molecule has 2 rings (SSSR count). The van der Waals surface area contributed by atoms with E-state index in [4.69, 9.17) is 4.74 Å². The molecule has 2 aromatic carbocycles. The Morgan fingerprint density at radius 3 is 2.44 bits per heavy atom. The summed E-state index contributed by atoms with van der Waals surface area (Å²) < 4.78 is 6.71. The molecule has 0 saturated heterocycles. The van der Waals surface area contributed by atoms with Gasteiger partial charge in [-0.15, -0.1) is 0 Å². The number of hydrogen-bond donors (Lipinski definition) is 1. The average molecular weight is 306 g/mol. The Bertz CT molecular complexity index is 473. The molecule has 0 amide bonds. The highest BCUT2D eigenvalue weighted by molar-refractivity contribution is 9.10. The van der Waals surface area contributed by atoms with E-state index in [1.54, 1.807) is 0 Å². The number of rotatable bonds is 6. The molecule has 0 aromatic heterocycles. The fraction of sp³-hybridized carbons (Fsp3) is 0.200. The molecule has 0 aliphatic heterocycles. The third kappa shape index (κ3) is 4.08. The lowest BCUT2D eigenvalue weighted by Crippen LogP contribution is -2.07. The van der Waals surface area contributed by atoms with Crippen molar-refractivity contribution in [3.63, 3.8) is 0 Å². The lowest BCUT2D eigenvalue weighted by molar-refractivity contribution is 0.315. The minimum atomic E-state index is 0.724. The number of halogens is 1. The Morgan fingerprint density at radius 2 is 1.67 bits per heavy atom. The summed E-state index contributed by atoms with van der Waals surface area (Å²) in [5.74, 6) is 0.929. The van der Waals surface area contributed by atoms with Gasteiger partial charge in [0.2, 0.25) is 0 Å². The van der Waals surface area contributed by atoms with Crippen LogP contribution in [-0.2, 0) is 0 Å². The standard InChI is InChI=1S/C15H16BrNO/c16-14-9-4-5-10-15(14)17-11-6-12-18-13-7-2-1-3-8-13/h1-5,7-10,17H,6,11-12H2. The van der Waals surface area contributed by atoms with Crippen LogP contribution in [0, 0.1) is 0 Å². The predicted octanol–water partition coefficient (Wildman–Crippen LogP) is 4.33. The zero-order valence-electron chi connectivity index (χ0n) is 10.1. The van der Waals surface area contributed by atoms with E-state index in [1.807, 2.05) is 48.5 Å². The van der Waals surface area contributed by atoms with E-state index in [0.717, 1.165) is 35.5 Å². The van der Waals surface area contributed by atoms with Crippen LogP contribution in [0.5, 0.6) is 5.75 Å². The Morgan fingerprint density at radius 1 is 0.944 bits per heavy atom. The van der Waals surface area contributed by atoms with Gasteiger partial charge in [-0.25, -0.2) is 0 Å². The molecule has 0 fully saturated rings. The van der Waals surface area contributed by atoms with E-state index >= 15 is 0 Å². The van der Waals surface area contributed by atoms with Gasteiger partial charge in [0.05, 0.1) is 6.61 Å². The van der Waals surface area contributed by atoms with Crippen LogP contribution in [-0.4, -0.2) is 13.2 Å². The molecule has 0 heterocycles. The van der Waals surface area contributed by atoms with E-state index in [0.29, 0.717) is 0 Å². The summed E-state index contributed by atoms with van der Waals surface area (Å²) in [7, 11) is 0. The van der Waals surface area contributed by atoms with Gasteiger partial charge in [-0.1, -0.05) is 30.3 Å². The van der Waals surface area contributed by atoms with Gasteiger partial charge in [0.15, 0.2) is 0 Å². The first-order valence-corrected chi connectivity index (χ1v) is 6.82. The molecule has 0 radical (unpaired) electrons. The van der Waals surface area contributed by atoms with Crippen molar-refractivity contribution in [1.29, 1.82) is 0 Å². The lowest BCUT2D eigenvalue weighted by atomic mass is 10.3. The second-order valence-corrected chi connectivity index (χ2v) is 4.78. The van der Waals surface area contributed by atoms with Crippen LogP contribution in [0.2, 0.25) is 0 Å². The molecule has 3 heteroatoms. The number of benzene rings is 2. The quantitative estimate of drug-likeness (QED) is 0.802. The lowest BCUT2D eigenvalue weighted by Gasteiger charge is -2.09. The molecule has 2 nitrogen and oxygen atoms in total. The second-order valence-electron chi connectivity index (χ2n) is 3.92. The van der Waals surface area contributed by atoms with Crippen molar-refractivity contribution in [2.75, 3.05) is 18.5 Å². The summed E-state index contributed by atoms with van der Waals surface area (Å²) in [5, 5.41) is 3.37. The summed E-state index contributed by atoms with van der Waals surface area (Å²) >= 11 is 3.51. The maximum Gasteiger partial charge on any atom is 0.119 e. The van der Waals surface area contributed by atoms with E-state index in [-0.39, 0.29) is 0 Å². The molecule has 2 aromatic rings. The van der Waals surface area contributed by atoms with Crippen LogP contribution in [0.25, 0.3) is 0 Å². The van der Waals surface area contributed by atoms with Crippen molar-refractivity contribution in [2.24, 2.45) is 0 Å². The molecule has 0 aliphatic rings. The molecule has 0 spiro atoms. The van der Waals surface area contributed by atoms with Crippen LogP contribution in [0.3, 0.4) is 0 Å². The van der Waals surface area contributed by atoms with Gasteiger partial charge in [-0.2, -0.15) is 0 Å². The molecule has 0 aliphatic carbocycles. The van der Waals surface area contributed by atoms with Gasteiger partial charge in [-0.3, -0.25) is 0 Å². The smallest absolute Gasteiger partial charge is 0.119 e. The molecule has 18 heavy (non-hydrogen) atoms. The van der Waals surface area contributed by atoms with Crippen molar-refractivity contribution in [3.8, 4) is 5.75 Å². The molecule has 0 atom stereocenters. The predicted molar refractivity (Wildman–Crippen MR) is 79.2 cm³/mol. The first-order valence-electron chi connectivity index (χ1n) is 6.02. The van der Waals surface area contributed by atoms with Crippen LogP contribution >= 0.6 is 15.9 Å². The van der Waals surface area contributed by atoms with E-state index in [9.17, 15) is 0 Å². The highest BCUT2D eigenvalue weighted by Crippen LogP contribution is 2.20. The van der Waals surface area contributed by atoms with Crippen molar-refractivity contribution < 1.29 is 4.74 Å². The molecular formula is C15H16BrNO. The Labute approximate surface area is 116 Å². The molecule has 1 N–H and O–H groups in total. The SMILES string of the molecule is Brc1ccccc1NCCCOc1ccccc1. The number of para-hydroxylation sites is 2. The molecule has 94 valence electrons. The summed E-state index contributed by atoms with van der Waals surface area (Å²) in [6.45, 7) is 1.62. The number of ether oxygens (including phenoxy) is 1. The van der Waals surface area contributed by atoms with Gasteiger partial charge < -0.3 is 10.1 Å². The van der Waals surface area contributed by atoms with Gasteiger partial charge in [0.25, 0.3) is 0 Å². The van der Waals surface area contributed by atoms with E-state index < -0.39 is 0 Å². The van der Waals surface area contributed by atoms with E-state index in [1.165, 1.54) is 0 Å². The zero-order valence-corrected chi connectivity index (χ0v) is 11.7. The highest BCUT2D eigenvalue weighted by Gasteiger charge is 1.97. The van der Waals surface area contributed by atoms with Crippen molar-refractivity contribution >= 4 is 21.6 Å². The first kappa shape index (κ1) is 13.0. The summed E-state index contributed by atoms with van der Waals surface area (Å²) in [5.41, 5.74) is 1.12. The molecule has 0 saturated carbocycles. The van der Waals surface area contributed by atoms with Crippen molar-refractivity contribution in [3.05, 3.63) is 59.1 Å². The van der Waals surface area contributed by atoms with Crippen molar-refractivity contribution in [1.82, 2.24) is 0 Å². The minimum absolute atomic E-state index is 0.724. The van der Waals surface area contributed by atoms with Gasteiger partial charge in [0.1, 0.15) is 5.75 Å². The summed E-state index contributed by atoms with van der Waals surface area (Å²) in [4.78, 5) is 0.